The summed E-state index contributed by atoms with van der Waals surface area (Å²) in [5.74, 6) is 0.970. The highest BCUT2D eigenvalue weighted by atomic mass is 16.5. The average Bonchev–Trinajstić information content (AvgIpc) is 2.97. The van der Waals surface area contributed by atoms with Crippen molar-refractivity contribution in [3.05, 3.63) is 0 Å². The molecule has 0 aromatic carbocycles. The molecule has 17 heavy (non-hydrogen) atoms. The zero-order chi connectivity index (χ0) is 11.9. The van der Waals surface area contributed by atoms with E-state index < -0.39 is 0 Å². The summed E-state index contributed by atoms with van der Waals surface area (Å²) in [6.07, 6.45) is 4.72. The zero-order valence-corrected chi connectivity index (χ0v) is 11.2. The van der Waals surface area contributed by atoms with Crippen LogP contribution in [-0.4, -0.2) is 49.8 Å². The van der Waals surface area contributed by atoms with Gasteiger partial charge in [0.2, 0.25) is 0 Å². The van der Waals surface area contributed by atoms with Crippen molar-refractivity contribution in [3.8, 4) is 0 Å². The number of ether oxygens (including phenoxy) is 1. The van der Waals surface area contributed by atoms with Gasteiger partial charge in [0.05, 0.1) is 12.7 Å². The first-order chi connectivity index (χ1) is 8.20. The van der Waals surface area contributed by atoms with Crippen molar-refractivity contribution in [1.82, 2.24) is 10.2 Å². The van der Waals surface area contributed by atoms with Gasteiger partial charge in [0.15, 0.2) is 0 Å². The van der Waals surface area contributed by atoms with Gasteiger partial charge in [-0.1, -0.05) is 0 Å². The van der Waals surface area contributed by atoms with E-state index in [0.29, 0.717) is 12.1 Å². The van der Waals surface area contributed by atoms with E-state index in [1.165, 1.54) is 38.9 Å². The predicted molar refractivity (Wildman–Crippen MR) is 69.1 cm³/mol. The third-order valence-electron chi connectivity index (χ3n) is 5.15. The van der Waals surface area contributed by atoms with Crippen molar-refractivity contribution < 1.29 is 4.74 Å². The molecule has 3 heteroatoms. The quantitative estimate of drug-likeness (QED) is 0.789. The minimum Gasteiger partial charge on any atom is -0.376 e. The molecule has 1 N–H and O–H groups in total. The standard InChI is InChI=1S/C14H26N2O/c1-11-10-17-12(2)8-16(11)9-13-7-14(13)3-5-15-6-4-14/h11-13,15H,3-10H2,1-2H3. The van der Waals surface area contributed by atoms with E-state index in [2.05, 4.69) is 24.1 Å². The van der Waals surface area contributed by atoms with Crippen molar-refractivity contribution in [2.24, 2.45) is 11.3 Å². The Hall–Kier alpha value is -0.120. The molecule has 0 aromatic rings. The monoisotopic (exact) mass is 238 g/mol. The van der Waals surface area contributed by atoms with Crippen LogP contribution in [0.2, 0.25) is 0 Å². The smallest absolute Gasteiger partial charge is 0.0674 e. The summed E-state index contributed by atoms with van der Waals surface area (Å²) in [5, 5.41) is 3.49. The lowest BCUT2D eigenvalue weighted by Crippen LogP contribution is -2.48. The fourth-order valence-corrected chi connectivity index (χ4v) is 3.74. The van der Waals surface area contributed by atoms with Gasteiger partial charge in [0.1, 0.15) is 0 Å². The molecular formula is C14H26N2O. The molecule has 3 atom stereocenters. The molecule has 2 aliphatic heterocycles. The average molecular weight is 238 g/mol. The summed E-state index contributed by atoms with van der Waals surface area (Å²) in [6.45, 7) is 10.4. The predicted octanol–water partition coefficient (Wildman–Crippen LogP) is 1.49. The maximum Gasteiger partial charge on any atom is 0.0674 e. The molecule has 3 rings (SSSR count). The molecule has 1 aliphatic carbocycles. The van der Waals surface area contributed by atoms with Gasteiger partial charge in [-0.2, -0.15) is 0 Å². The minimum atomic E-state index is 0.425. The van der Waals surface area contributed by atoms with E-state index in [1.807, 2.05) is 0 Å². The van der Waals surface area contributed by atoms with Crippen molar-refractivity contribution in [3.63, 3.8) is 0 Å². The highest BCUT2D eigenvalue weighted by Gasteiger charge is 2.54. The minimum absolute atomic E-state index is 0.425. The van der Waals surface area contributed by atoms with Crippen LogP contribution in [0.4, 0.5) is 0 Å². The Kier molecular flexibility index (Phi) is 3.18. The van der Waals surface area contributed by atoms with Crippen LogP contribution < -0.4 is 5.32 Å². The van der Waals surface area contributed by atoms with Crippen molar-refractivity contribution >= 4 is 0 Å². The molecule has 98 valence electrons. The van der Waals surface area contributed by atoms with Gasteiger partial charge in [-0.15, -0.1) is 0 Å². The molecule has 3 unspecified atom stereocenters. The fourth-order valence-electron chi connectivity index (χ4n) is 3.74. The van der Waals surface area contributed by atoms with Crippen LogP contribution in [0, 0.1) is 11.3 Å². The van der Waals surface area contributed by atoms with Crippen LogP contribution in [0.15, 0.2) is 0 Å². The number of morpholine rings is 1. The largest absolute Gasteiger partial charge is 0.376 e. The summed E-state index contributed by atoms with van der Waals surface area (Å²) >= 11 is 0. The Labute approximate surface area is 105 Å². The summed E-state index contributed by atoms with van der Waals surface area (Å²) in [4.78, 5) is 2.66. The lowest BCUT2D eigenvalue weighted by atomic mass is 9.91. The number of piperidine rings is 1. The van der Waals surface area contributed by atoms with Crippen molar-refractivity contribution in [1.29, 1.82) is 0 Å². The van der Waals surface area contributed by atoms with Crippen LogP contribution >= 0.6 is 0 Å². The number of nitrogens with one attached hydrogen (secondary N) is 1. The van der Waals surface area contributed by atoms with Crippen LogP contribution in [0.25, 0.3) is 0 Å². The molecule has 3 aliphatic rings. The van der Waals surface area contributed by atoms with Gasteiger partial charge in [0.25, 0.3) is 0 Å². The van der Waals surface area contributed by atoms with Crippen LogP contribution in [0.3, 0.4) is 0 Å². The summed E-state index contributed by atoms with van der Waals surface area (Å²) < 4.78 is 5.71. The SMILES string of the molecule is CC1CN(CC2CC23CCNCC3)C(C)CO1. The third kappa shape index (κ3) is 2.38. The molecule has 0 aromatic heterocycles. The highest BCUT2D eigenvalue weighted by Crippen LogP contribution is 2.58. The second-order valence-corrected chi connectivity index (χ2v) is 6.46. The van der Waals surface area contributed by atoms with E-state index in [1.54, 1.807) is 0 Å². The number of hydrogen-bond acceptors (Lipinski definition) is 3. The maximum atomic E-state index is 5.71. The van der Waals surface area contributed by atoms with Gasteiger partial charge < -0.3 is 10.1 Å². The van der Waals surface area contributed by atoms with Gasteiger partial charge >= 0.3 is 0 Å². The van der Waals surface area contributed by atoms with E-state index >= 15 is 0 Å². The number of nitrogens with zero attached hydrogens (tertiary/aromatic N) is 1. The molecule has 2 saturated heterocycles. The van der Waals surface area contributed by atoms with Crippen LogP contribution in [0.1, 0.15) is 33.1 Å². The first-order valence-electron chi connectivity index (χ1n) is 7.26. The second-order valence-electron chi connectivity index (χ2n) is 6.46. The lowest BCUT2D eigenvalue weighted by Gasteiger charge is -2.37. The molecule has 3 fully saturated rings. The van der Waals surface area contributed by atoms with E-state index in [9.17, 15) is 0 Å². The number of rotatable bonds is 2. The zero-order valence-electron chi connectivity index (χ0n) is 11.2. The van der Waals surface area contributed by atoms with Gasteiger partial charge in [-0.05, 0) is 57.5 Å². The van der Waals surface area contributed by atoms with E-state index in [4.69, 9.17) is 4.74 Å². The van der Waals surface area contributed by atoms with Crippen molar-refractivity contribution in [2.45, 2.75) is 45.3 Å². The van der Waals surface area contributed by atoms with Gasteiger partial charge in [0, 0.05) is 19.1 Å². The first-order valence-corrected chi connectivity index (χ1v) is 7.26. The first kappa shape index (κ1) is 11.9. The Morgan fingerprint density at radius 3 is 2.82 bits per heavy atom. The van der Waals surface area contributed by atoms with E-state index in [0.717, 1.165) is 24.5 Å². The highest BCUT2D eigenvalue weighted by molar-refractivity contribution is 5.05. The Bertz CT molecular complexity index is 275. The molecule has 0 radical (unpaired) electrons. The normalized spacial score (nSPS) is 41.6. The molecule has 2 heterocycles. The Morgan fingerprint density at radius 1 is 1.29 bits per heavy atom. The molecule has 0 amide bonds. The maximum absolute atomic E-state index is 5.71. The van der Waals surface area contributed by atoms with Crippen molar-refractivity contribution in [2.75, 3.05) is 32.8 Å². The molecular weight excluding hydrogens is 212 g/mol. The molecule has 3 nitrogen and oxygen atoms in total. The topological polar surface area (TPSA) is 24.5 Å². The molecule has 1 spiro atoms. The summed E-state index contributed by atoms with van der Waals surface area (Å²) in [5.41, 5.74) is 0.729. The van der Waals surface area contributed by atoms with Crippen LogP contribution in [0.5, 0.6) is 0 Å². The van der Waals surface area contributed by atoms with E-state index in [-0.39, 0.29) is 0 Å². The third-order valence-corrected chi connectivity index (χ3v) is 5.15. The summed E-state index contributed by atoms with van der Waals surface area (Å²) in [6, 6.07) is 0.616. The lowest BCUT2D eigenvalue weighted by molar-refractivity contribution is -0.0521. The number of hydrogen-bond donors (Lipinski definition) is 1. The fraction of sp³-hybridized carbons (Fsp3) is 1.00. The Morgan fingerprint density at radius 2 is 2.06 bits per heavy atom. The van der Waals surface area contributed by atoms with Gasteiger partial charge in [-0.25, -0.2) is 0 Å². The van der Waals surface area contributed by atoms with Crippen LogP contribution in [-0.2, 0) is 4.74 Å². The second kappa shape index (κ2) is 4.52. The summed E-state index contributed by atoms with van der Waals surface area (Å²) in [7, 11) is 0. The molecule has 1 saturated carbocycles. The van der Waals surface area contributed by atoms with Gasteiger partial charge in [-0.3, -0.25) is 4.90 Å². The molecule has 0 bridgehead atoms. The Balaban J connectivity index is 1.54.